The normalized spacial score (nSPS) is 14.5. The molecule has 0 saturated carbocycles. The van der Waals surface area contributed by atoms with E-state index in [0.717, 1.165) is 20.3 Å². The summed E-state index contributed by atoms with van der Waals surface area (Å²) in [6.07, 6.45) is 2.63. The van der Waals surface area contributed by atoms with Gasteiger partial charge in [0.15, 0.2) is 0 Å². The number of hydrogen-bond donors (Lipinski definition) is 1. The van der Waals surface area contributed by atoms with Crippen molar-refractivity contribution in [3.05, 3.63) is 107 Å². The molecule has 2 atom stereocenters. The van der Waals surface area contributed by atoms with E-state index in [1.54, 1.807) is 60.7 Å². The molecule has 1 N–H and O–H groups in total. The SMILES string of the molecule is COC(=O)[C@@](OCc1ccccc1)(c1ccc(OC)cc1)[C@](O)(/C=C/c1ccc(Cl)cc1)C(=O)OC. The molecule has 0 radical (unpaired) electrons. The van der Waals surface area contributed by atoms with Crippen molar-refractivity contribution in [1.29, 1.82) is 0 Å². The summed E-state index contributed by atoms with van der Waals surface area (Å²) in [6.45, 7) is -0.129. The molecule has 0 aliphatic heterocycles. The standard InChI is InChI=1S/C28H27ClO7/c1-33-24-15-11-22(12-16-24)28(26(31)35-3,36-19-21-7-5-4-6-8-21)27(32,25(30)34-2)18-17-20-9-13-23(29)14-10-20/h4-18,32H,19H2,1-3H3/b18-17+/t27-,28-/m0/s1. The molecule has 3 aromatic carbocycles. The van der Waals surface area contributed by atoms with Crippen LogP contribution in [0.5, 0.6) is 5.75 Å². The minimum absolute atomic E-state index is 0.129. The Balaban J connectivity index is 2.25. The van der Waals surface area contributed by atoms with Gasteiger partial charge in [-0.15, -0.1) is 0 Å². The molecule has 36 heavy (non-hydrogen) atoms. The lowest BCUT2D eigenvalue weighted by Crippen LogP contribution is -2.62. The molecule has 0 unspecified atom stereocenters. The Morgan fingerprint density at radius 3 is 2.03 bits per heavy atom. The van der Waals surface area contributed by atoms with Crippen LogP contribution in [0.1, 0.15) is 16.7 Å². The lowest BCUT2D eigenvalue weighted by atomic mass is 9.76. The number of benzene rings is 3. The molecule has 0 fully saturated rings. The van der Waals surface area contributed by atoms with Crippen LogP contribution in [0.25, 0.3) is 6.08 Å². The van der Waals surface area contributed by atoms with Gasteiger partial charge in [0.2, 0.25) is 11.2 Å². The quantitative estimate of drug-likeness (QED) is 0.400. The Morgan fingerprint density at radius 1 is 0.861 bits per heavy atom. The summed E-state index contributed by atoms with van der Waals surface area (Å²) < 4.78 is 21.5. The summed E-state index contributed by atoms with van der Waals surface area (Å²) in [4.78, 5) is 26.8. The number of rotatable bonds is 10. The first kappa shape index (κ1) is 26.9. The maximum atomic E-state index is 13.5. The van der Waals surface area contributed by atoms with E-state index in [2.05, 4.69) is 0 Å². The Hall–Kier alpha value is -3.65. The van der Waals surface area contributed by atoms with E-state index in [1.807, 2.05) is 6.07 Å². The first-order chi connectivity index (χ1) is 17.3. The van der Waals surface area contributed by atoms with Gasteiger partial charge in [-0.1, -0.05) is 72.3 Å². The maximum absolute atomic E-state index is 13.5. The van der Waals surface area contributed by atoms with E-state index in [-0.39, 0.29) is 12.2 Å². The fourth-order valence-corrected chi connectivity index (χ4v) is 3.88. The number of ether oxygens (including phenoxy) is 4. The smallest absolute Gasteiger partial charge is 0.346 e. The van der Waals surface area contributed by atoms with Crippen molar-refractivity contribution in [2.24, 2.45) is 0 Å². The van der Waals surface area contributed by atoms with E-state index in [4.69, 9.17) is 30.5 Å². The summed E-state index contributed by atoms with van der Waals surface area (Å²) in [5.74, 6) is -1.63. The molecule has 0 aromatic heterocycles. The summed E-state index contributed by atoms with van der Waals surface area (Å²) >= 11 is 5.97. The minimum Gasteiger partial charge on any atom is -0.497 e. The van der Waals surface area contributed by atoms with Crippen LogP contribution >= 0.6 is 11.6 Å². The highest BCUT2D eigenvalue weighted by Gasteiger charge is 2.63. The largest absolute Gasteiger partial charge is 0.497 e. The van der Waals surface area contributed by atoms with Gasteiger partial charge in [-0.2, -0.15) is 0 Å². The van der Waals surface area contributed by atoms with Gasteiger partial charge in [-0.05, 0) is 47.0 Å². The molecule has 0 amide bonds. The van der Waals surface area contributed by atoms with E-state index in [1.165, 1.54) is 25.3 Å². The van der Waals surface area contributed by atoms with Crippen LogP contribution in [-0.4, -0.2) is 44.0 Å². The van der Waals surface area contributed by atoms with Crippen LogP contribution < -0.4 is 4.74 Å². The van der Waals surface area contributed by atoms with Gasteiger partial charge in [0, 0.05) is 5.02 Å². The van der Waals surface area contributed by atoms with Gasteiger partial charge in [0.25, 0.3) is 0 Å². The molecule has 3 rings (SSSR count). The van der Waals surface area contributed by atoms with Crippen LogP contribution in [0.15, 0.2) is 84.9 Å². The second-order valence-electron chi connectivity index (χ2n) is 7.82. The van der Waals surface area contributed by atoms with Crippen molar-refractivity contribution < 1.29 is 33.6 Å². The van der Waals surface area contributed by atoms with Crippen LogP contribution in [-0.2, 0) is 36.0 Å². The Labute approximate surface area is 214 Å². The monoisotopic (exact) mass is 510 g/mol. The van der Waals surface area contributed by atoms with Crippen LogP contribution in [0.2, 0.25) is 5.02 Å². The molecule has 0 bridgehead atoms. The fraction of sp³-hybridized carbons (Fsp3) is 0.214. The maximum Gasteiger partial charge on any atom is 0.346 e. The third kappa shape index (κ3) is 5.44. The second-order valence-corrected chi connectivity index (χ2v) is 8.25. The highest BCUT2D eigenvalue weighted by Crippen LogP contribution is 2.42. The van der Waals surface area contributed by atoms with Crippen molar-refractivity contribution in [2.75, 3.05) is 21.3 Å². The number of aliphatic hydroxyl groups is 1. The molecule has 7 nitrogen and oxygen atoms in total. The molecular weight excluding hydrogens is 484 g/mol. The predicted octanol–water partition coefficient (Wildman–Crippen LogP) is 4.55. The zero-order valence-corrected chi connectivity index (χ0v) is 20.9. The number of halogens is 1. The van der Waals surface area contributed by atoms with Crippen molar-refractivity contribution in [3.8, 4) is 5.75 Å². The van der Waals surface area contributed by atoms with Crippen molar-refractivity contribution in [2.45, 2.75) is 17.8 Å². The summed E-state index contributed by atoms with van der Waals surface area (Å²) in [6, 6.07) is 21.9. The van der Waals surface area contributed by atoms with Crippen LogP contribution in [0, 0.1) is 0 Å². The van der Waals surface area contributed by atoms with Crippen LogP contribution in [0.4, 0.5) is 0 Å². The number of hydrogen-bond acceptors (Lipinski definition) is 7. The van der Waals surface area contributed by atoms with Crippen molar-refractivity contribution in [3.63, 3.8) is 0 Å². The first-order valence-electron chi connectivity index (χ1n) is 11.0. The molecule has 0 spiro atoms. The topological polar surface area (TPSA) is 91.3 Å². The third-order valence-corrected chi connectivity index (χ3v) is 5.94. The molecule has 8 heteroatoms. The lowest BCUT2D eigenvalue weighted by Gasteiger charge is -2.41. The molecule has 0 aliphatic carbocycles. The lowest BCUT2D eigenvalue weighted by molar-refractivity contribution is -0.218. The molecule has 0 heterocycles. The van der Waals surface area contributed by atoms with Gasteiger partial charge in [0.05, 0.1) is 27.9 Å². The minimum atomic E-state index is -2.64. The zero-order chi connectivity index (χ0) is 26.2. The number of carbonyl (C=O) groups is 2. The van der Waals surface area contributed by atoms with Gasteiger partial charge < -0.3 is 24.1 Å². The van der Waals surface area contributed by atoms with E-state index in [0.29, 0.717) is 21.9 Å². The van der Waals surface area contributed by atoms with E-state index >= 15 is 0 Å². The van der Waals surface area contributed by atoms with Gasteiger partial charge in [-0.25, -0.2) is 9.59 Å². The highest BCUT2D eigenvalue weighted by atomic mass is 35.5. The highest BCUT2D eigenvalue weighted by molar-refractivity contribution is 6.30. The fourth-order valence-electron chi connectivity index (χ4n) is 3.76. The Bertz CT molecular complexity index is 1190. The second kappa shape index (κ2) is 11.9. The van der Waals surface area contributed by atoms with E-state index < -0.39 is 23.1 Å². The van der Waals surface area contributed by atoms with Crippen molar-refractivity contribution in [1.82, 2.24) is 0 Å². The molecule has 3 aromatic rings. The zero-order valence-electron chi connectivity index (χ0n) is 20.1. The summed E-state index contributed by atoms with van der Waals surface area (Å²) in [7, 11) is 3.75. The average molecular weight is 511 g/mol. The predicted molar refractivity (Wildman–Crippen MR) is 135 cm³/mol. The number of esters is 2. The first-order valence-corrected chi connectivity index (χ1v) is 11.3. The molecule has 188 valence electrons. The number of carbonyl (C=O) groups excluding carboxylic acids is 2. The van der Waals surface area contributed by atoms with Crippen molar-refractivity contribution >= 4 is 29.6 Å². The van der Waals surface area contributed by atoms with Crippen LogP contribution in [0.3, 0.4) is 0 Å². The summed E-state index contributed by atoms with van der Waals surface area (Å²) in [5, 5.41) is 12.5. The Morgan fingerprint density at radius 2 is 1.47 bits per heavy atom. The average Bonchev–Trinajstić information content (AvgIpc) is 2.93. The number of methoxy groups -OCH3 is 3. The third-order valence-electron chi connectivity index (χ3n) is 5.69. The van der Waals surface area contributed by atoms with Gasteiger partial charge in [0.1, 0.15) is 5.75 Å². The van der Waals surface area contributed by atoms with E-state index in [9.17, 15) is 14.7 Å². The molecule has 0 aliphatic rings. The molecule has 0 saturated heterocycles. The Kier molecular flexibility index (Phi) is 8.88. The van der Waals surface area contributed by atoms with Gasteiger partial charge >= 0.3 is 11.9 Å². The summed E-state index contributed by atoms with van der Waals surface area (Å²) in [5.41, 5.74) is -3.52. The van der Waals surface area contributed by atoms with Gasteiger partial charge in [-0.3, -0.25) is 0 Å². The molecular formula is C28H27ClO7.